The molecule has 2 heterocycles. The van der Waals surface area contributed by atoms with Crippen LogP contribution in [0.4, 0.5) is 0 Å². The van der Waals surface area contributed by atoms with Crippen LogP contribution < -0.4 is 0 Å². The number of nitrogens with zero attached hydrogens (tertiary/aromatic N) is 3. The molecule has 124 valence electrons. The second-order valence-electron chi connectivity index (χ2n) is 5.91. The summed E-state index contributed by atoms with van der Waals surface area (Å²) in [7, 11) is 1.83. The highest BCUT2D eigenvalue weighted by atomic mass is 32.1. The fraction of sp³-hybridized carbons (Fsp3) is 0.100. The molecule has 4 nitrogen and oxygen atoms in total. The van der Waals surface area contributed by atoms with E-state index in [9.17, 15) is 4.79 Å². The lowest BCUT2D eigenvalue weighted by Crippen LogP contribution is -2.27. The molecule has 2 aromatic carbocycles. The Labute approximate surface area is 150 Å². The van der Waals surface area contributed by atoms with Gasteiger partial charge in [-0.05, 0) is 5.56 Å². The van der Waals surface area contributed by atoms with Gasteiger partial charge in [0.2, 0.25) is 0 Å². The van der Waals surface area contributed by atoms with Crippen LogP contribution >= 0.6 is 11.3 Å². The van der Waals surface area contributed by atoms with Gasteiger partial charge in [-0.15, -0.1) is 11.3 Å². The third-order valence-corrected chi connectivity index (χ3v) is 4.95. The lowest BCUT2D eigenvalue weighted by molar-refractivity contribution is 0.0778. The predicted octanol–water partition coefficient (Wildman–Crippen LogP) is 4.34. The quantitative estimate of drug-likeness (QED) is 0.551. The van der Waals surface area contributed by atoms with E-state index in [1.807, 2.05) is 83.7 Å². The normalized spacial score (nSPS) is 10.9. The average Bonchev–Trinajstić information content (AvgIpc) is 3.23. The Morgan fingerprint density at radius 1 is 1.08 bits per heavy atom. The Bertz CT molecular complexity index is 1010. The maximum Gasteiger partial charge on any atom is 0.271 e. The fourth-order valence-corrected chi connectivity index (χ4v) is 3.66. The third kappa shape index (κ3) is 3.06. The smallest absolute Gasteiger partial charge is 0.271 e. The zero-order chi connectivity index (χ0) is 17.2. The molecule has 0 aliphatic rings. The second kappa shape index (κ2) is 6.53. The molecule has 0 bridgehead atoms. The lowest BCUT2D eigenvalue weighted by Gasteiger charge is -2.16. The number of rotatable bonds is 4. The van der Waals surface area contributed by atoms with Gasteiger partial charge in [0.25, 0.3) is 5.91 Å². The van der Waals surface area contributed by atoms with E-state index >= 15 is 0 Å². The number of carbonyl (C=O) groups excluding carboxylic acids is 1. The number of fused-ring (bicyclic) bond motifs is 1. The van der Waals surface area contributed by atoms with Crippen molar-refractivity contribution in [2.75, 3.05) is 7.05 Å². The van der Waals surface area contributed by atoms with Crippen LogP contribution in [0.3, 0.4) is 0 Å². The molecule has 0 N–H and O–H groups in total. The number of aromatic nitrogens is 2. The molecule has 0 fully saturated rings. The number of amides is 1. The van der Waals surface area contributed by atoms with E-state index in [1.165, 1.54) is 11.3 Å². The Balaban J connectivity index is 1.62. The van der Waals surface area contributed by atoms with Crippen molar-refractivity contribution in [3.63, 3.8) is 0 Å². The SMILES string of the molecule is CN(Cc1ccccc1)C(=O)c1csc2nc(-c3ccccc3)cn12. The number of hydrogen-bond acceptors (Lipinski definition) is 3. The highest BCUT2D eigenvalue weighted by Gasteiger charge is 2.18. The largest absolute Gasteiger partial charge is 0.336 e. The lowest BCUT2D eigenvalue weighted by atomic mass is 10.2. The molecule has 2 aromatic heterocycles. The highest BCUT2D eigenvalue weighted by molar-refractivity contribution is 7.15. The van der Waals surface area contributed by atoms with Crippen LogP contribution in [0.2, 0.25) is 0 Å². The molecular formula is C20H17N3OS. The predicted molar refractivity (Wildman–Crippen MR) is 101 cm³/mol. The van der Waals surface area contributed by atoms with Crippen LogP contribution in [0.5, 0.6) is 0 Å². The summed E-state index contributed by atoms with van der Waals surface area (Å²) in [5.41, 5.74) is 3.69. The van der Waals surface area contributed by atoms with Gasteiger partial charge in [-0.25, -0.2) is 4.98 Å². The Morgan fingerprint density at radius 2 is 1.76 bits per heavy atom. The molecule has 0 aliphatic carbocycles. The zero-order valence-corrected chi connectivity index (χ0v) is 14.6. The minimum absolute atomic E-state index is 0.00730. The van der Waals surface area contributed by atoms with E-state index in [0.29, 0.717) is 12.2 Å². The monoisotopic (exact) mass is 347 g/mol. The molecule has 0 aliphatic heterocycles. The summed E-state index contributed by atoms with van der Waals surface area (Å²) >= 11 is 1.49. The molecule has 4 aromatic rings. The zero-order valence-electron chi connectivity index (χ0n) is 13.8. The van der Waals surface area contributed by atoms with Gasteiger partial charge >= 0.3 is 0 Å². The molecule has 0 atom stereocenters. The summed E-state index contributed by atoms with van der Waals surface area (Å²) in [6.07, 6.45) is 1.94. The third-order valence-electron chi connectivity index (χ3n) is 4.11. The summed E-state index contributed by atoms with van der Waals surface area (Å²) in [4.78, 5) is 20.1. The molecular weight excluding hydrogens is 330 g/mol. The van der Waals surface area contributed by atoms with Crippen molar-refractivity contribution >= 4 is 22.2 Å². The Hall–Kier alpha value is -2.92. The number of thiazole rings is 1. The van der Waals surface area contributed by atoms with Gasteiger partial charge in [0, 0.05) is 30.7 Å². The fourth-order valence-electron chi connectivity index (χ4n) is 2.81. The standard InChI is InChI=1S/C20H17N3OS/c1-22(12-15-8-4-2-5-9-15)19(24)18-14-25-20-21-17(13-23(18)20)16-10-6-3-7-11-16/h2-11,13-14H,12H2,1H3. The topological polar surface area (TPSA) is 37.6 Å². The van der Waals surface area contributed by atoms with Crippen molar-refractivity contribution in [2.45, 2.75) is 6.54 Å². The molecule has 0 saturated carbocycles. The van der Waals surface area contributed by atoms with Crippen molar-refractivity contribution in [3.8, 4) is 11.3 Å². The van der Waals surface area contributed by atoms with Crippen LogP contribution in [0.25, 0.3) is 16.2 Å². The van der Waals surface area contributed by atoms with Gasteiger partial charge < -0.3 is 4.90 Å². The van der Waals surface area contributed by atoms with Crippen molar-refractivity contribution in [1.29, 1.82) is 0 Å². The van der Waals surface area contributed by atoms with Gasteiger partial charge in [0.1, 0.15) is 5.69 Å². The number of hydrogen-bond donors (Lipinski definition) is 0. The maximum absolute atomic E-state index is 12.9. The Kier molecular flexibility index (Phi) is 4.07. The van der Waals surface area contributed by atoms with Crippen LogP contribution in [0, 0.1) is 0 Å². The van der Waals surface area contributed by atoms with Crippen molar-refractivity contribution < 1.29 is 4.79 Å². The molecule has 25 heavy (non-hydrogen) atoms. The summed E-state index contributed by atoms with van der Waals surface area (Å²) in [5, 5.41) is 1.88. The molecule has 0 unspecified atom stereocenters. The highest BCUT2D eigenvalue weighted by Crippen LogP contribution is 2.24. The first-order valence-corrected chi connectivity index (χ1v) is 8.92. The minimum Gasteiger partial charge on any atom is -0.336 e. The van der Waals surface area contributed by atoms with Gasteiger partial charge in [0.15, 0.2) is 4.96 Å². The van der Waals surface area contributed by atoms with E-state index in [2.05, 4.69) is 4.98 Å². The van der Waals surface area contributed by atoms with Crippen molar-refractivity contribution in [3.05, 3.63) is 83.5 Å². The van der Waals surface area contributed by atoms with E-state index in [4.69, 9.17) is 0 Å². The van der Waals surface area contributed by atoms with Gasteiger partial charge in [-0.1, -0.05) is 60.7 Å². The minimum atomic E-state index is -0.00730. The number of benzene rings is 2. The van der Waals surface area contributed by atoms with Crippen LogP contribution in [0.1, 0.15) is 16.1 Å². The first-order chi connectivity index (χ1) is 12.2. The number of imidazole rings is 1. The summed E-state index contributed by atoms with van der Waals surface area (Å²) in [5.74, 6) is -0.00730. The van der Waals surface area contributed by atoms with Crippen molar-refractivity contribution in [2.24, 2.45) is 0 Å². The molecule has 4 rings (SSSR count). The van der Waals surface area contributed by atoms with E-state index in [1.54, 1.807) is 4.90 Å². The number of carbonyl (C=O) groups is 1. The van der Waals surface area contributed by atoms with E-state index in [0.717, 1.165) is 21.8 Å². The molecule has 0 saturated heterocycles. The van der Waals surface area contributed by atoms with Gasteiger partial charge in [-0.3, -0.25) is 9.20 Å². The second-order valence-corrected chi connectivity index (χ2v) is 6.75. The van der Waals surface area contributed by atoms with E-state index in [-0.39, 0.29) is 5.91 Å². The molecule has 5 heteroatoms. The van der Waals surface area contributed by atoms with Crippen LogP contribution in [0.15, 0.2) is 72.2 Å². The molecule has 0 radical (unpaired) electrons. The summed E-state index contributed by atoms with van der Waals surface area (Å²) in [6, 6.07) is 20.0. The van der Waals surface area contributed by atoms with Gasteiger partial charge in [-0.2, -0.15) is 0 Å². The van der Waals surface area contributed by atoms with Crippen LogP contribution in [-0.2, 0) is 6.54 Å². The molecule has 1 amide bonds. The van der Waals surface area contributed by atoms with Crippen LogP contribution in [-0.4, -0.2) is 27.2 Å². The first kappa shape index (κ1) is 15.6. The van der Waals surface area contributed by atoms with Gasteiger partial charge in [0.05, 0.1) is 5.69 Å². The van der Waals surface area contributed by atoms with E-state index < -0.39 is 0 Å². The molecule has 0 spiro atoms. The average molecular weight is 347 g/mol. The van der Waals surface area contributed by atoms with Crippen molar-refractivity contribution in [1.82, 2.24) is 14.3 Å². The summed E-state index contributed by atoms with van der Waals surface area (Å²) < 4.78 is 1.89. The summed E-state index contributed by atoms with van der Waals surface area (Å²) in [6.45, 7) is 0.581. The maximum atomic E-state index is 12.9. The Morgan fingerprint density at radius 3 is 2.48 bits per heavy atom. The first-order valence-electron chi connectivity index (χ1n) is 8.04.